The molecule has 0 saturated carbocycles. The summed E-state index contributed by atoms with van der Waals surface area (Å²) in [6, 6.07) is 3.96. The Hall–Kier alpha value is -1.62. The molecule has 0 radical (unpaired) electrons. The lowest BCUT2D eigenvalue weighted by Gasteiger charge is -2.05. The fraction of sp³-hybridized carbons (Fsp3) is 0.385. The molecule has 0 aliphatic heterocycles. The maximum absolute atomic E-state index is 11.4. The van der Waals surface area contributed by atoms with Gasteiger partial charge >= 0.3 is 0 Å². The van der Waals surface area contributed by atoms with Gasteiger partial charge in [0.25, 0.3) is 0 Å². The number of methoxy groups -OCH3 is 1. The summed E-state index contributed by atoms with van der Waals surface area (Å²) in [6.45, 7) is 3.86. The third-order valence-electron chi connectivity index (χ3n) is 2.85. The zero-order valence-corrected chi connectivity index (χ0v) is 11.8. The van der Waals surface area contributed by atoms with Crippen LogP contribution in [0.2, 0.25) is 0 Å². The Kier molecular flexibility index (Phi) is 3.52. The van der Waals surface area contributed by atoms with Gasteiger partial charge in [-0.2, -0.15) is 4.99 Å². The first-order valence-corrected chi connectivity index (χ1v) is 6.60. The molecule has 1 aromatic heterocycles. The maximum Gasteiger partial charge on any atom is 0.248 e. The van der Waals surface area contributed by atoms with Crippen LogP contribution in [0.25, 0.3) is 10.2 Å². The minimum Gasteiger partial charge on any atom is -0.495 e. The Morgan fingerprint density at radius 1 is 1.50 bits per heavy atom. The average molecular weight is 264 g/mol. The van der Waals surface area contributed by atoms with E-state index in [1.54, 1.807) is 7.11 Å². The molecule has 0 atom stereocenters. The standard InChI is InChI=1S/C13H16N2O2S/c1-5-10(16)14-13-15(3)11-9(17-4)7-6-8(2)12(11)18-13/h6-7H,5H2,1-4H3. The van der Waals surface area contributed by atoms with Crippen molar-refractivity contribution in [3.63, 3.8) is 0 Å². The van der Waals surface area contributed by atoms with Gasteiger partial charge in [0.2, 0.25) is 5.91 Å². The highest BCUT2D eigenvalue weighted by atomic mass is 32.1. The van der Waals surface area contributed by atoms with Crippen molar-refractivity contribution in [2.24, 2.45) is 12.0 Å². The second-order valence-electron chi connectivity index (χ2n) is 4.07. The molecule has 0 aliphatic carbocycles. The van der Waals surface area contributed by atoms with E-state index in [9.17, 15) is 4.79 Å². The van der Waals surface area contributed by atoms with E-state index in [1.807, 2.05) is 37.6 Å². The molecule has 0 aliphatic rings. The van der Waals surface area contributed by atoms with Crippen molar-refractivity contribution in [1.82, 2.24) is 4.57 Å². The second kappa shape index (κ2) is 4.94. The zero-order valence-electron chi connectivity index (χ0n) is 11.0. The predicted octanol–water partition coefficient (Wildman–Crippen LogP) is 2.39. The number of aryl methyl sites for hydroxylation is 2. The van der Waals surface area contributed by atoms with Crippen molar-refractivity contribution in [2.75, 3.05) is 7.11 Å². The number of carbonyl (C=O) groups is 1. The highest BCUT2D eigenvalue weighted by Gasteiger charge is 2.11. The first-order valence-electron chi connectivity index (χ1n) is 5.79. The molecular weight excluding hydrogens is 248 g/mol. The number of hydrogen-bond donors (Lipinski definition) is 0. The van der Waals surface area contributed by atoms with Crippen LogP contribution >= 0.6 is 11.3 Å². The van der Waals surface area contributed by atoms with Gasteiger partial charge in [0.1, 0.15) is 11.3 Å². The number of aromatic nitrogens is 1. The topological polar surface area (TPSA) is 43.6 Å². The van der Waals surface area contributed by atoms with Crippen molar-refractivity contribution in [3.8, 4) is 5.75 Å². The summed E-state index contributed by atoms with van der Waals surface area (Å²) in [4.78, 5) is 16.3. The molecule has 0 N–H and O–H groups in total. The maximum atomic E-state index is 11.4. The van der Waals surface area contributed by atoms with Crippen LogP contribution in [0.3, 0.4) is 0 Å². The van der Waals surface area contributed by atoms with Gasteiger partial charge in [-0.05, 0) is 18.6 Å². The van der Waals surface area contributed by atoms with Crippen LogP contribution in [0.4, 0.5) is 0 Å². The molecule has 18 heavy (non-hydrogen) atoms. The Balaban J connectivity index is 2.81. The molecule has 1 heterocycles. The largest absolute Gasteiger partial charge is 0.495 e. The summed E-state index contributed by atoms with van der Waals surface area (Å²) in [6.07, 6.45) is 0.421. The van der Waals surface area contributed by atoms with Gasteiger partial charge in [-0.25, -0.2) is 0 Å². The van der Waals surface area contributed by atoms with Gasteiger partial charge in [0, 0.05) is 13.5 Å². The first kappa shape index (κ1) is 12.8. The van der Waals surface area contributed by atoms with E-state index in [-0.39, 0.29) is 5.91 Å². The van der Waals surface area contributed by atoms with Gasteiger partial charge in [-0.1, -0.05) is 24.3 Å². The van der Waals surface area contributed by atoms with E-state index in [2.05, 4.69) is 4.99 Å². The molecule has 0 spiro atoms. The van der Waals surface area contributed by atoms with Crippen LogP contribution in [0.15, 0.2) is 17.1 Å². The number of thiazole rings is 1. The normalized spacial score (nSPS) is 12.1. The minimum atomic E-state index is -0.103. The highest BCUT2D eigenvalue weighted by Crippen LogP contribution is 2.29. The first-order chi connectivity index (χ1) is 8.58. The van der Waals surface area contributed by atoms with Gasteiger partial charge in [-0.3, -0.25) is 4.79 Å². The molecule has 0 saturated heterocycles. The summed E-state index contributed by atoms with van der Waals surface area (Å²) in [5.74, 6) is 0.702. The zero-order chi connectivity index (χ0) is 13.3. The Labute approximate surface area is 110 Å². The molecular formula is C13H16N2O2S. The lowest BCUT2D eigenvalue weighted by atomic mass is 10.2. The molecule has 5 heteroatoms. The Morgan fingerprint density at radius 3 is 2.83 bits per heavy atom. The summed E-state index contributed by atoms with van der Waals surface area (Å²) < 4.78 is 8.39. The van der Waals surface area contributed by atoms with Crippen molar-refractivity contribution in [1.29, 1.82) is 0 Å². The minimum absolute atomic E-state index is 0.103. The summed E-state index contributed by atoms with van der Waals surface area (Å²) >= 11 is 1.52. The van der Waals surface area contributed by atoms with Crippen LogP contribution in [0.1, 0.15) is 18.9 Å². The lowest BCUT2D eigenvalue weighted by Crippen LogP contribution is -2.13. The molecule has 96 valence electrons. The molecule has 2 aromatic rings. The third kappa shape index (κ3) is 2.06. The number of carbonyl (C=O) groups excluding carboxylic acids is 1. The van der Waals surface area contributed by atoms with Crippen LogP contribution in [-0.4, -0.2) is 17.6 Å². The summed E-state index contributed by atoms with van der Waals surface area (Å²) in [5, 5.41) is 0. The molecule has 1 amide bonds. The van der Waals surface area contributed by atoms with Crippen molar-refractivity contribution < 1.29 is 9.53 Å². The van der Waals surface area contributed by atoms with Crippen LogP contribution in [0.5, 0.6) is 5.75 Å². The molecule has 0 bridgehead atoms. The predicted molar refractivity (Wildman–Crippen MR) is 72.9 cm³/mol. The van der Waals surface area contributed by atoms with Crippen LogP contribution in [0, 0.1) is 6.92 Å². The molecule has 4 nitrogen and oxygen atoms in total. The van der Waals surface area contributed by atoms with Gasteiger partial charge in [-0.15, -0.1) is 0 Å². The Bertz CT molecular complexity index is 667. The van der Waals surface area contributed by atoms with Crippen molar-refractivity contribution >= 4 is 27.5 Å². The molecule has 2 rings (SSSR count). The van der Waals surface area contributed by atoms with Crippen molar-refractivity contribution in [2.45, 2.75) is 20.3 Å². The number of ether oxygens (including phenoxy) is 1. The lowest BCUT2D eigenvalue weighted by molar-refractivity contribution is -0.117. The van der Waals surface area contributed by atoms with Gasteiger partial charge < -0.3 is 9.30 Å². The average Bonchev–Trinajstić information content (AvgIpc) is 2.69. The van der Waals surface area contributed by atoms with E-state index in [4.69, 9.17) is 4.74 Å². The van der Waals surface area contributed by atoms with E-state index in [1.165, 1.54) is 11.3 Å². The SMILES string of the molecule is CCC(=O)N=c1sc2c(C)ccc(OC)c2n1C. The number of benzene rings is 1. The molecule has 1 aromatic carbocycles. The summed E-state index contributed by atoms with van der Waals surface area (Å²) in [7, 11) is 3.55. The fourth-order valence-electron chi connectivity index (χ4n) is 1.80. The van der Waals surface area contributed by atoms with E-state index < -0.39 is 0 Å². The fourth-order valence-corrected chi connectivity index (χ4v) is 2.93. The van der Waals surface area contributed by atoms with Crippen LogP contribution < -0.4 is 9.54 Å². The van der Waals surface area contributed by atoms with Gasteiger partial charge in [0.15, 0.2) is 4.80 Å². The highest BCUT2D eigenvalue weighted by molar-refractivity contribution is 7.16. The van der Waals surface area contributed by atoms with E-state index in [0.29, 0.717) is 11.2 Å². The van der Waals surface area contributed by atoms with Crippen LogP contribution in [-0.2, 0) is 11.8 Å². The third-order valence-corrected chi connectivity index (χ3v) is 4.12. The molecule has 0 unspecified atom stereocenters. The smallest absolute Gasteiger partial charge is 0.248 e. The van der Waals surface area contributed by atoms with Crippen molar-refractivity contribution in [3.05, 3.63) is 22.5 Å². The molecule has 0 fully saturated rings. The number of rotatable bonds is 2. The number of hydrogen-bond acceptors (Lipinski definition) is 3. The van der Waals surface area contributed by atoms with E-state index in [0.717, 1.165) is 21.5 Å². The Morgan fingerprint density at radius 2 is 2.22 bits per heavy atom. The van der Waals surface area contributed by atoms with Gasteiger partial charge in [0.05, 0.1) is 11.8 Å². The van der Waals surface area contributed by atoms with E-state index >= 15 is 0 Å². The number of nitrogens with zero attached hydrogens (tertiary/aromatic N) is 2. The second-order valence-corrected chi connectivity index (χ2v) is 5.04. The summed E-state index contributed by atoms with van der Waals surface area (Å²) in [5.41, 5.74) is 2.15. The number of fused-ring (bicyclic) bond motifs is 1. The number of amides is 1. The quantitative estimate of drug-likeness (QED) is 0.836. The monoisotopic (exact) mass is 264 g/mol.